The molecule has 136 valence electrons. The summed E-state index contributed by atoms with van der Waals surface area (Å²) in [6, 6.07) is 5.75. The summed E-state index contributed by atoms with van der Waals surface area (Å²) in [5.41, 5.74) is 0.975. The Morgan fingerprint density at radius 2 is 1.88 bits per heavy atom. The molecule has 0 saturated heterocycles. The summed E-state index contributed by atoms with van der Waals surface area (Å²) < 4.78 is 32.6. The first-order valence-corrected chi connectivity index (χ1v) is 9.65. The van der Waals surface area contributed by atoms with Gasteiger partial charge in [0.05, 0.1) is 4.90 Å². The molecule has 0 bridgehead atoms. The first-order valence-electron chi connectivity index (χ1n) is 8.17. The van der Waals surface area contributed by atoms with Gasteiger partial charge in [0.1, 0.15) is 6.04 Å². The molecule has 1 aromatic carbocycles. The quantitative estimate of drug-likeness (QED) is 0.627. The minimum atomic E-state index is -3.75. The molecule has 0 fully saturated rings. The Morgan fingerprint density at radius 3 is 2.42 bits per heavy atom. The van der Waals surface area contributed by atoms with Crippen molar-refractivity contribution < 1.29 is 17.9 Å². The lowest BCUT2D eigenvalue weighted by atomic mass is 9.99. The highest BCUT2D eigenvalue weighted by atomic mass is 32.2. The molecule has 2 atom stereocenters. The fourth-order valence-electron chi connectivity index (χ4n) is 2.15. The average Bonchev–Trinajstić information content (AvgIpc) is 2.56. The van der Waals surface area contributed by atoms with Crippen LogP contribution in [0, 0.1) is 12.8 Å². The van der Waals surface area contributed by atoms with E-state index in [1.54, 1.807) is 31.4 Å². The first-order chi connectivity index (χ1) is 11.3. The summed E-state index contributed by atoms with van der Waals surface area (Å²) in [7, 11) is -2.15. The maximum Gasteiger partial charge on any atom is 0.241 e. The van der Waals surface area contributed by atoms with Gasteiger partial charge in [-0.2, -0.15) is 4.72 Å². The molecule has 2 unspecified atom stereocenters. The van der Waals surface area contributed by atoms with E-state index in [1.807, 2.05) is 20.8 Å². The molecule has 0 aliphatic heterocycles. The number of ether oxygens (including phenoxy) is 1. The van der Waals surface area contributed by atoms with Crippen molar-refractivity contribution in [3.05, 3.63) is 29.8 Å². The Morgan fingerprint density at radius 1 is 1.25 bits per heavy atom. The standard InChI is InChI=1S/C17H28N2O4S/c1-5-14(3)16(17(20)18-11-6-12-23-4)19-24(21,22)15-9-7-13(2)8-10-15/h7-10,14,16,19H,5-6,11-12H2,1-4H3,(H,18,20). The van der Waals surface area contributed by atoms with Crippen LogP contribution in [0.2, 0.25) is 0 Å². The summed E-state index contributed by atoms with van der Waals surface area (Å²) in [4.78, 5) is 12.6. The van der Waals surface area contributed by atoms with Gasteiger partial charge >= 0.3 is 0 Å². The second kappa shape index (κ2) is 9.76. The number of methoxy groups -OCH3 is 1. The van der Waals surface area contributed by atoms with Crippen LogP contribution in [0.25, 0.3) is 0 Å². The highest BCUT2D eigenvalue weighted by Crippen LogP contribution is 2.15. The molecule has 0 spiro atoms. The molecular weight excluding hydrogens is 328 g/mol. The molecule has 7 heteroatoms. The zero-order valence-electron chi connectivity index (χ0n) is 14.8. The average molecular weight is 356 g/mol. The largest absolute Gasteiger partial charge is 0.385 e. The van der Waals surface area contributed by atoms with Crippen LogP contribution in [0.5, 0.6) is 0 Å². The number of rotatable bonds is 10. The minimum absolute atomic E-state index is 0.118. The first kappa shape index (κ1) is 20.6. The van der Waals surface area contributed by atoms with Crippen LogP contribution in [0.1, 0.15) is 32.3 Å². The van der Waals surface area contributed by atoms with Crippen molar-refractivity contribution in [3.63, 3.8) is 0 Å². The number of hydrogen-bond donors (Lipinski definition) is 2. The van der Waals surface area contributed by atoms with E-state index in [0.29, 0.717) is 26.0 Å². The van der Waals surface area contributed by atoms with E-state index in [1.165, 1.54) is 0 Å². The van der Waals surface area contributed by atoms with Crippen LogP contribution >= 0.6 is 0 Å². The Labute approximate surface area is 145 Å². The van der Waals surface area contributed by atoms with E-state index in [2.05, 4.69) is 10.0 Å². The van der Waals surface area contributed by atoms with Crippen LogP contribution in [0.15, 0.2) is 29.2 Å². The van der Waals surface area contributed by atoms with Gasteiger partial charge in [-0.25, -0.2) is 8.42 Å². The maximum absolute atomic E-state index is 12.5. The van der Waals surface area contributed by atoms with Gasteiger partial charge in [-0.3, -0.25) is 4.79 Å². The zero-order chi connectivity index (χ0) is 18.2. The van der Waals surface area contributed by atoms with Gasteiger partial charge in [0.15, 0.2) is 0 Å². The van der Waals surface area contributed by atoms with E-state index in [-0.39, 0.29) is 16.7 Å². The molecule has 24 heavy (non-hydrogen) atoms. The number of carbonyl (C=O) groups excluding carboxylic acids is 1. The number of carbonyl (C=O) groups is 1. The third-order valence-corrected chi connectivity index (χ3v) is 5.39. The minimum Gasteiger partial charge on any atom is -0.385 e. The Hall–Kier alpha value is -1.44. The Balaban J connectivity index is 2.84. The smallest absolute Gasteiger partial charge is 0.241 e. The van der Waals surface area contributed by atoms with Crippen molar-refractivity contribution in [2.24, 2.45) is 5.92 Å². The lowest BCUT2D eigenvalue weighted by molar-refractivity contribution is -0.123. The Bertz CT molecular complexity index is 614. The van der Waals surface area contributed by atoms with E-state index < -0.39 is 16.1 Å². The molecule has 1 aromatic rings. The second-order valence-electron chi connectivity index (χ2n) is 5.93. The zero-order valence-corrected chi connectivity index (χ0v) is 15.7. The van der Waals surface area contributed by atoms with E-state index in [4.69, 9.17) is 4.74 Å². The van der Waals surface area contributed by atoms with Crippen molar-refractivity contribution >= 4 is 15.9 Å². The number of hydrogen-bond acceptors (Lipinski definition) is 4. The molecular formula is C17H28N2O4S. The van der Waals surface area contributed by atoms with Crippen molar-refractivity contribution in [2.45, 2.75) is 44.6 Å². The number of aryl methyl sites for hydroxylation is 1. The monoisotopic (exact) mass is 356 g/mol. The molecule has 6 nitrogen and oxygen atoms in total. The topological polar surface area (TPSA) is 84.5 Å². The van der Waals surface area contributed by atoms with E-state index in [0.717, 1.165) is 5.56 Å². The van der Waals surface area contributed by atoms with Gasteiger partial charge in [-0.05, 0) is 31.4 Å². The summed E-state index contributed by atoms with van der Waals surface area (Å²) in [6.07, 6.45) is 1.37. The molecule has 0 saturated carbocycles. The molecule has 0 radical (unpaired) electrons. The summed E-state index contributed by atoms with van der Waals surface area (Å²) in [5.74, 6) is -0.427. The summed E-state index contributed by atoms with van der Waals surface area (Å²) in [5, 5.41) is 2.77. The summed E-state index contributed by atoms with van der Waals surface area (Å²) >= 11 is 0. The normalized spacial score (nSPS) is 14.2. The van der Waals surface area contributed by atoms with Crippen LogP contribution in [-0.2, 0) is 19.6 Å². The van der Waals surface area contributed by atoms with Gasteiger partial charge in [0.2, 0.25) is 15.9 Å². The second-order valence-corrected chi connectivity index (χ2v) is 7.65. The van der Waals surface area contributed by atoms with Crippen LogP contribution < -0.4 is 10.0 Å². The summed E-state index contributed by atoms with van der Waals surface area (Å²) in [6.45, 7) is 6.67. The Kier molecular flexibility index (Phi) is 8.38. The number of sulfonamides is 1. The molecule has 1 rings (SSSR count). The molecule has 0 aromatic heterocycles. The highest BCUT2D eigenvalue weighted by Gasteiger charge is 2.29. The fraction of sp³-hybridized carbons (Fsp3) is 0.588. The molecule has 1 amide bonds. The fourth-order valence-corrected chi connectivity index (χ4v) is 3.46. The number of nitrogens with one attached hydrogen (secondary N) is 2. The lowest BCUT2D eigenvalue weighted by Crippen LogP contribution is -2.50. The van der Waals surface area contributed by atoms with Crippen molar-refractivity contribution in [1.29, 1.82) is 0 Å². The lowest BCUT2D eigenvalue weighted by Gasteiger charge is -2.23. The SMILES string of the molecule is CCC(C)C(NS(=O)(=O)c1ccc(C)cc1)C(=O)NCCCOC. The maximum atomic E-state index is 12.5. The molecule has 2 N–H and O–H groups in total. The molecule has 0 aliphatic carbocycles. The highest BCUT2D eigenvalue weighted by molar-refractivity contribution is 7.89. The molecule has 0 heterocycles. The number of benzene rings is 1. The van der Waals surface area contributed by atoms with Crippen molar-refractivity contribution in [1.82, 2.24) is 10.0 Å². The molecule has 0 aliphatic rings. The van der Waals surface area contributed by atoms with Gasteiger partial charge in [0.25, 0.3) is 0 Å². The third-order valence-electron chi connectivity index (χ3n) is 3.93. The number of amides is 1. The van der Waals surface area contributed by atoms with Crippen LogP contribution in [0.4, 0.5) is 0 Å². The predicted molar refractivity (Wildman–Crippen MR) is 94.2 cm³/mol. The van der Waals surface area contributed by atoms with Crippen molar-refractivity contribution in [2.75, 3.05) is 20.3 Å². The van der Waals surface area contributed by atoms with Crippen molar-refractivity contribution in [3.8, 4) is 0 Å². The third kappa shape index (κ3) is 6.22. The van der Waals surface area contributed by atoms with Gasteiger partial charge < -0.3 is 10.1 Å². The predicted octanol–water partition coefficient (Wildman–Crippen LogP) is 1.84. The van der Waals surface area contributed by atoms with Crippen LogP contribution in [0.3, 0.4) is 0 Å². The van der Waals surface area contributed by atoms with Crippen LogP contribution in [-0.4, -0.2) is 40.6 Å². The van der Waals surface area contributed by atoms with E-state index >= 15 is 0 Å². The van der Waals surface area contributed by atoms with E-state index in [9.17, 15) is 13.2 Å². The van der Waals surface area contributed by atoms with Gasteiger partial charge in [-0.1, -0.05) is 38.0 Å². The van der Waals surface area contributed by atoms with Gasteiger partial charge in [-0.15, -0.1) is 0 Å². The van der Waals surface area contributed by atoms with Gasteiger partial charge in [0, 0.05) is 20.3 Å².